The second kappa shape index (κ2) is 9.21. The highest BCUT2D eigenvalue weighted by Crippen LogP contribution is 2.25. The molecule has 2 atom stereocenters. The molecule has 1 amide bonds. The summed E-state index contributed by atoms with van der Waals surface area (Å²) in [6.45, 7) is 3.89. The van der Waals surface area contributed by atoms with Crippen LogP contribution in [0, 0.1) is 0 Å². The van der Waals surface area contributed by atoms with Gasteiger partial charge in [0.05, 0.1) is 0 Å². The second-order valence-electron chi connectivity index (χ2n) is 7.66. The minimum atomic E-state index is -3.65. The number of carbonyl (C=O) groups is 1. The Hall–Kier alpha value is -2.68. The summed E-state index contributed by atoms with van der Waals surface area (Å²) >= 11 is 1.15. The number of likely N-dealkylation sites (tertiary alicyclic amines) is 1. The highest BCUT2D eigenvalue weighted by atomic mass is 32.2. The summed E-state index contributed by atoms with van der Waals surface area (Å²) in [6, 6.07) is 20.5. The number of carbonyl (C=O) groups excluding carboxylic acids is 1. The topological polar surface area (TPSA) is 78.5 Å². The fourth-order valence-electron chi connectivity index (χ4n) is 3.81. The van der Waals surface area contributed by atoms with Crippen molar-refractivity contribution in [3.05, 3.63) is 83.2 Å². The first-order valence-electron chi connectivity index (χ1n) is 10.2. The maximum atomic E-state index is 12.8. The Morgan fingerprint density at radius 3 is 2.65 bits per heavy atom. The molecular weight excluding hydrogens is 430 g/mol. The molecule has 1 saturated heterocycles. The fourth-order valence-corrected chi connectivity index (χ4v) is 5.86. The van der Waals surface area contributed by atoms with Crippen molar-refractivity contribution in [2.75, 3.05) is 17.8 Å². The van der Waals surface area contributed by atoms with Crippen molar-refractivity contribution in [3.63, 3.8) is 0 Å². The number of hydrogen-bond donors (Lipinski definition) is 2. The Labute approximate surface area is 187 Å². The van der Waals surface area contributed by atoms with Crippen LogP contribution in [-0.2, 0) is 10.0 Å². The lowest BCUT2D eigenvalue weighted by Gasteiger charge is -2.24. The Bertz CT molecular complexity index is 1130. The molecule has 2 N–H and O–H groups in total. The van der Waals surface area contributed by atoms with Gasteiger partial charge in [-0.05, 0) is 48.6 Å². The van der Waals surface area contributed by atoms with E-state index in [0.717, 1.165) is 30.8 Å². The molecule has 1 fully saturated rings. The van der Waals surface area contributed by atoms with Crippen LogP contribution in [0.4, 0.5) is 5.69 Å². The Morgan fingerprint density at radius 1 is 1.10 bits per heavy atom. The molecule has 0 aliphatic carbocycles. The molecule has 1 aliphatic rings. The zero-order valence-corrected chi connectivity index (χ0v) is 18.8. The molecule has 2 heterocycles. The Kier molecular flexibility index (Phi) is 6.41. The van der Waals surface area contributed by atoms with Gasteiger partial charge in [0.1, 0.15) is 4.21 Å². The van der Waals surface area contributed by atoms with Crippen molar-refractivity contribution in [2.24, 2.45) is 0 Å². The third kappa shape index (κ3) is 5.15. The molecule has 3 aromatic rings. The van der Waals surface area contributed by atoms with Crippen LogP contribution in [0.3, 0.4) is 0 Å². The van der Waals surface area contributed by atoms with Crippen LogP contribution >= 0.6 is 11.3 Å². The van der Waals surface area contributed by atoms with Crippen LogP contribution in [0.1, 0.15) is 35.3 Å². The number of amides is 1. The Balaban J connectivity index is 1.38. The summed E-state index contributed by atoms with van der Waals surface area (Å²) in [7, 11) is -3.65. The summed E-state index contributed by atoms with van der Waals surface area (Å²) in [5, 5.41) is 4.80. The summed E-state index contributed by atoms with van der Waals surface area (Å²) in [4.78, 5) is 15.2. The molecule has 0 spiro atoms. The molecule has 162 valence electrons. The summed E-state index contributed by atoms with van der Waals surface area (Å²) in [5.74, 6) is -0.198. The quantitative estimate of drug-likeness (QED) is 0.562. The first-order valence-corrected chi connectivity index (χ1v) is 12.5. The van der Waals surface area contributed by atoms with Crippen molar-refractivity contribution in [3.8, 4) is 0 Å². The molecule has 1 aromatic heterocycles. The highest BCUT2D eigenvalue weighted by molar-refractivity contribution is 7.94. The number of hydrogen-bond acceptors (Lipinski definition) is 5. The number of thiophene rings is 1. The maximum absolute atomic E-state index is 12.8. The fraction of sp³-hybridized carbons (Fsp3) is 0.261. The number of nitrogens with one attached hydrogen (secondary N) is 2. The number of benzene rings is 2. The van der Waals surface area contributed by atoms with Gasteiger partial charge in [-0.1, -0.05) is 42.5 Å². The van der Waals surface area contributed by atoms with Crippen LogP contribution in [0.5, 0.6) is 0 Å². The van der Waals surface area contributed by atoms with Crippen LogP contribution in [0.2, 0.25) is 0 Å². The number of rotatable bonds is 7. The predicted octanol–water partition coefficient (Wildman–Crippen LogP) is 4.11. The van der Waals surface area contributed by atoms with Crippen molar-refractivity contribution in [1.82, 2.24) is 10.2 Å². The highest BCUT2D eigenvalue weighted by Gasteiger charge is 2.28. The normalized spacial score (nSPS) is 17.9. The van der Waals surface area contributed by atoms with Crippen LogP contribution in [0.25, 0.3) is 0 Å². The minimum absolute atomic E-state index is 0.0603. The minimum Gasteiger partial charge on any atom is -0.348 e. The smallest absolute Gasteiger partial charge is 0.271 e. The van der Waals surface area contributed by atoms with E-state index in [0.29, 0.717) is 11.3 Å². The molecular formula is C23H25N3O3S2. The van der Waals surface area contributed by atoms with Gasteiger partial charge >= 0.3 is 0 Å². The molecule has 1 aliphatic heterocycles. The lowest BCUT2D eigenvalue weighted by molar-refractivity contribution is 0.0936. The lowest BCUT2D eigenvalue weighted by atomic mass is 10.1. The Morgan fingerprint density at radius 2 is 1.90 bits per heavy atom. The summed E-state index contributed by atoms with van der Waals surface area (Å²) < 4.78 is 27.6. The van der Waals surface area contributed by atoms with Crippen molar-refractivity contribution >= 4 is 33.0 Å². The molecule has 0 radical (unpaired) electrons. The van der Waals surface area contributed by atoms with Crippen molar-refractivity contribution in [2.45, 2.75) is 29.6 Å². The molecule has 8 heteroatoms. The summed E-state index contributed by atoms with van der Waals surface area (Å²) in [6.07, 6.45) is 0.883. The second-order valence-corrected chi connectivity index (χ2v) is 10.5. The van der Waals surface area contributed by atoms with Gasteiger partial charge in [-0.25, -0.2) is 8.42 Å². The van der Waals surface area contributed by atoms with E-state index in [-0.39, 0.29) is 22.2 Å². The van der Waals surface area contributed by atoms with Gasteiger partial charge in [0.25, 0.3) is 15.9 Å². The molecule has 0 saturated carbocycles. The van der Waals surface area contributed by atoms with E-state index in [1.54, 1.807) is 41.8 Å². The monoisotopic (exact) mass is 455 g/mol. The van der Waals surface area contributed by atoms with E-state index in [4.69, 9.17) is 0 Å². The molecule has 31 heavy (non-hydrogen) atoms. The number of anilines is 1. The van der Waals surface area contributed by atoms with Gasteiger partial charge in [-0.3, -0.25) is 14.4 Å². The third-order valence-electron chi connectivity index (χ3n) is 5.52. The average Bonchev–Trinajstić information content (AvgIpc) is 3.47. The van der Waals surface area contributed by atoms with Gasteiger partial charge in [0.2, 0.25) is 0 Å². The van der Waals surface area contributed by atoms with E-state index >= 15 is 0 Å². The van der Waals surface area contributed by atoms with E-state index < -0.39 is 10.0 Å². The van der Waals surface area contributed by atoms with E-state index in [9.17, 15) is 13.2 Å². The first-order chi connectivity index (χ1) is 14.9. The predicted molar refractivity (Wildman–Crippen MR) is 124 cm³/mol. The summed E-state index contributed by atoms with van der Waals surface area (Å²) in [5.41, 5.74) is 2.06. The van der Waals surface area contributed by atoms with Crippen LogP contribution in [-0.4, -0.2) is 38.4 Å². The number of sulfonamides is 1. The first kappa shape index (κ1) is 21.5. The van der Waals surface area contributed by atoms with Gasteiger partial charge in [0, 0.05) is 36.4 Å². The lowest BCUT2D eigenvalue weighted by Crippen LogP contribution is -2.37. The third-order valence-corrected chi connectivity index (χ3v) is 8.30. The molecule has 2 unspecified atom stereocenters. The van der Waals surface area contributed by atoms with Gasteiger partial charge in [-0.15, -0.1) is 11.3 Å². The molecule has 2 aromatic carbocycles. The number of nitrogens with zero attached hydrogens (tertiary/aromatic N) is 1. The van der Waals surface area contributed by atoms with Crippen molar-refractivity contribution < 1.29 is 13.2 Å². The van der Waals surface area contributed by atoms with Crippen LogP contribution in [0.15, 0.2) is 76.3 Å². The van der Waals surface area contributed by atoms with Gasteiger partial charge < -0.3 is 5.32 Å². The molecule has 6 nitrogen and oxygen atoms in total. The van der Waals surface area contributed by atoms with E-state index in [2.05, 4.69) is 34.0 Å². The van der Waals surface area contributed by atoms with Gasteiger partial charge in [-0.2, -0.15) is 0 Å². The maximum Gasteiger partial charge on any atom is 0.271 e. The largest absolute Gasteiger partial charge is 0.348 e. The SMILES string of the molecule is CC(c1ccccc1)N1CCC(NC(=O)c2cccc(NS(=O)(=O)c3cccs3)c2)C1. The zero-order valence-electron chi connectivity index (χ0n) is 17.2. The van der Waals surface area contributed by atoms with Crippen molar-refractivity contribution in [1.29, 1.82) is 0 Å². The molecule has 0 bridgehead atoms. The standard InChI is InChI=1S/C23H25N3O3S2/c1-17(18-7-3-2-4-8-18)26-13-12-21(16-26)24-23(27)19-9-5-10-20(15-19)25-31(28,29)22-11-6-14-30-22/h2-11,14-15,17,21,25H,12-13,16H2,1H3,(H,24,27). The molecule has 4 rings (SSSR count). The zero-order chi connectivity index (χ0) is 21.8. The average molecular weight is 456 g/mol. The van der Waals surface area contributed by atoms with Crippen LogP contribution < -0.4 is 10.0 Å². The van der Waals surface area contributed by atoms with E-state index in [1.807, 2.05) is 18.2 Å². The van der Waals surface area contributed by atoms with E-state index in [1.165, 1.54) is 5.56 Å². The van der Waals surface area contributed by atoms with Gasteiger partial charge in [0.15, 0.2) is 0 Å².